The molecule has 0 aromatic heterocycles. The molecule has 3 N–H and O–H groups in total. The predicted octanol–water partition coefficient (Wildman–Crippen LogP) is 5.96. The number of hydrogen-bond donors (Lipinski definition) is 3. The number of nitrogens with one attached hydrogen (secondary N) is 3. The van der Waals surface area contributed by atoms with E-state index in [1.54, 1.807) is 38.3 Å². The molecule has 1 aliphatic heterocycles. The van der Waals surface area contributed by atoms with Crippen molar-refractivity contribution in [3.8, 4) is 11.5 Å². The topological polar surface area (TPSA) is 110 Å². The Hall–Kier alpha value is -4.93. The highest BCUT2D eigenvalue weighted by Gasteiger charge is 2.32. The van der Waals surface area contributed by atoms with E-state index in [1.165, 1.54) is 0 Å². The molecule has 0 spiro atoms. The lowest BCUT2D eigenvalue weighted by Crippen LogP contribution is -2.45. The molecule has 4 aromatic rings. The van der Waals surface area contributed by atoms with E-state index >= 15 is 0 Å². The molecule has 5 rings (SSSR count). The van der Waals surface area contributed by atoms with E-state index in [-0.39, 0.29) is 13.2 Å². The zero-order valence-electron chi connectivity index (χ0n) is 24.6. The van der Waals surface area contributed by atoms with Crippen LogP contribution in [0.1, 0.15) is 36.6 Å². The standard InChI is InChI=1S/C34H31ClN4O5S/c1-3-42-33(41)31-21(2)37-34(45)38-32(31)26-10-6-7-11-28(26)44-20-30(40)39-36-18-27-25-9-5-4-8-23(25)14-17-29(27)43-19-22-12-15-24(35)16-13-22/h4-18,32H,3,19-20H2,1-2H3,(H,39,40)(H2,37,38,45)/t32-/m1/s1. The van der Waals surface area contributed by atoms with Crippen LogP contribution in [0.3, 0.4) is 0 Å². The lowest BCUT2D eigenvalue weighted by Gasteiger charge is -2.30. The van der Waals surface area contributed by atoms with Gasteiger partial charge in [-0.25, -0.2) is 10.2 Å². The highest BCUT2D eigenvalue weighted by Crippen LogP contribution is 2.33. The second-order valence-corrected chi connectivity index (χ2v) is 10.9. The zero-order valence-corrected chi connectivity index (χ0v) is 26.2. The summed E-state index contributed by atoms with van der Waals surface area (Å²) in [5, 5.41) is 13.2. The molecular weight excluding hydrogens is 612 g/mol. The van der Waals surface area contributed by atoms with Crippen LogP contribution in [0.2, 0.25) is 5.02 Å². The predicted molar refractivity (Wildman–Crippen MR) is 178 cm³/mol. The van der Waals surface area contributed by atoms with Gasteiger partial charge in [0.15, 0.2) is 11.7 Å². The zero-order chi connectivity index (χ0) is 31.8. The number of benzene rings is 4. The van der Waals surface area contributed by atoms with Crippen molar-refractivity contribution in [1.29, 1.82) is 0 Å². The van der Waals surface area contributed by atoms with E-state index in [9.17, 15) is 9.59 Å². The minimum atomic E-state index is -0.632. The fourth-order valence-electron chi connectivity index (χ4n) is 4.88. The molecule has 1 aliphatic rings. The van der Waals surface area contributed by atoms with Crippen LogP contribution >= 0.6 is 23.8 Å². The third kappa shape index (κ3) is 7.78. The average molecular weight is 643 g/mol. The Labute approximate surface area is 271 Å². The maximum Gasteiger partial charge on any atom is 0.338 e. The molecule has 0 saturated carbocycles. The number of allylic oxidation sites excluding steroid dienone is 1. The molecule has 1 atom stereocenters. The van der Waals surface area contributed by atoms with Gasteiger partial charge in [-0.3, -0.25) is 4.79 Å². The van der Waals surface area contributed by atoms with E-state index in [2.05, 4.69) is 21.2 Å². The Bertz CT molecular complexity index is 1790. The van der Waals surface area contributed by atoms with Gasteiger partial charge >= 0.3 is 5.97 Å². The molecule has 9 nitrogen and oxygen atoms in total. The summed E-state index contributed by atoms with van der Waals surface area (Å²) in [6.07, 6.45) is 1.56. The molecule has 0 bridgehead atoms. The summed E-state index contributed by atoms with van der Waals surface area (Å²) in [4.78, 5) is 25.6. The van der Waals surface area contributed by atoms with Gasteiger partial charge < -0.3 is 24.8 Å². The number of rotatable bonds is 11. The maximum absolute atomic E-state index is 12.8. The third-order valence-corrected chi connectivity index (χ3v) is 7.45. The number of hydrogen-bond acceptors (Lipinski definition) is 7. The molecule has 230 valence electrons. The van der Waals surface area contributed by atoms with Crippen molar-refractivity contribution < 1.29 is 23.8 Å². The molecule has 11 heteroatoms. The van der Waals surface area contributed by atoms with Crippen LogP contribution in [0.5, 0.6) is 11.5 Å². The first-order valence-corrected chi connectivity index (χ1v) is 15.0. The van der Waals surface area contributed by atoms with Gasteiger partial charge in [-0.2, -0.15) is 5.10 Å². The number of ether oxygens (including phenoxy) is 3. The van der Waals surface area contributed by atoms with Crippen molar-refractivity contribution in [2.75, 3.05) is 13.2 Å². The highest BCUT2D eigenvalue weighted by atomic mass is 35.5. The number of amides is 1. The molecule has 0 radical (unpaired) electrons. The summed E-state index contributed by atoms with van der Waals surface area (Å²) in [7, 11) is 0. The van der Waals surface area contributed by atoms with Crippen molar-refractivity contribution in [3.05, 3.63) is 118 Å². The Balaban J connectivity index is 1.29. The number of nitrogens with zero attached hydrogens (tertiary/aromatic N) is 1. The van der Waals surface area contributed by atoms with Gasteiger partial charge in [0.2, 0.25) is 0 Å². The van der Waals surface area contributed by atoms with E-state index in [0.717, 1.165) is 21.9 Å². The van der Waals surface area contributed by atoms with Crippen LogP contribution in [-0.2, 0) is 20.9 Å². The lowest BCUT2D eigenvalue weighted by atomic mass is 9.95. The second-order valence-electron chi connectivity index (χ2n) is 10.0. The van der Waals surface area contributed by atoms with Crippen molar-refractivity contribution in [2.45, 2.75) is 26.5 Å². The molecule has 45 heavy (non-hydrogen) atoms. The van der Waals surface area contributed by atoms with Crippen molar-refractivity contribution in [3.63, 3.8) is 0 Å². The minimum Gasteiger partial charge on any atom is -0.488 e. The molecular formula is C34H31ClN4O5S. The summed E-state index contributed by atoms with van der Waals surface area (Å²) in [6.45, 7) is 3.73. The first kappa shape index (κ1) is 31.5. The first-order valence-electron chi connectivity index (χ1n) is 14.2. The van der Waals surface area contributed by atoms with Crippen LogP contribution in [0.25, 0.3) is 10.8 Å². The van der Waals surface area contributed by atoms with Crippen LogP contribution in [0, 0.1) is 0 Å². The van der Waals surface area contributed by atoms with E-state index < -0.39 is 17.9 Å². The second kappa shape index (κ2) is 14.7. The highest BCUT2D eigenvalue weighted by molar-refractivity contribution is 7.80. The SMILES string of the molecule is CCOC(=O)C1=C(C)NC(=S)N[C@@H]1c1ccccc1OCC(=O)NN=Cc1c(OCc2ccc(Cl)cc2)ccc2ccccc12. The van der Waals surface area contributed by atoms with E-state index in [1.807, 2.05) is 66.7 Å². The summed E-state index contributed by atoms with van der Waals surface area (Å²) < 4.78 is 17.3. The summed E-state index contributed by atoms with van der Waals surface area (Å²) in [5.74, 6) is 0.0608. The lowest BCUT2D eigenvalue weighted by molar-refractivity contribution is -0.139. The summed E-state index contributed by atoms with van der Waals surface area (Å²) in [5.41, 5.74) is 5.79. The number of carbonyl (C=O) groups is 2. The van der Waals surface area contributed by atoms with Gasteiger partial charge in [0.05, 0.1) is 24.4 Å². The van der Waals surface area contributed by atoms with Crippen LogP contribution in [-0.4, -0.2) is 36.4 Å². The number of fused-ring (bicyclic) bond motifs is 1. The summed E-state index contributed by atoms with van der Waals surface area (Å²) in [6, 6.07) is 25.6. The molecule has 0 saturated heterocycles. The number of esters is 1. The molecule has 4 aromatic carbocycles. The van der Waals surface area contributed by atoms with Gasteiger partial charge in [-0.15, -0.1) is 0 Å². The van der Waals surface area contributed by atoms with Gasteiger partial charge in [0.1, 0.15) is 18.1 Å². The molecule has 1 amide bonds. The Morgan fingerprint density at radius 3 is 2.53 bits per heavy atom. The maximum atomic E-state index is 12.8. The van der Waals surface area contributed by atoms with Crippen molar-refractivity contribution in [1.82, 2.24) is 16.1 Å². The smallest absolute Gasteiger partial charge is 0.338 e. The Kier molecular flexibility index (Phi) is 10.3. The van der Waals surface area contributed by atoms with Gasteiger partial charge in [0.25, 0.3) is 5.91 Å². The van der Waals surface area contributed by atoms with Crippen molar-refractivity contribution in [2.24, 2.45) is 5.10 Å². The average Bonchev–Trinajstić information content (AvgIpc) is 3.03. The molecule has 0 unspecified atom stereocenters. The van der Waals surface area contributed by atoms with Gasteiger partial charge in [0, 0.05) is 21.8 Å². The molecule has 1 heterocycles. The number of halogens is 1. The summed E-state index contributed by atoms with van der Waals surface area (Å²) >= 11 is 11.4. The minimum absolute atomic E-state index is 0.223. The Morgan fingerprint density at radius 1 is 0.978 bits per heavy atom. The van der Waals surface area contributed by atoms with Gasteiger partial charge in [-0.1, -0.05) is 72.3 Å². The largest absolute Gasteiger partial charge is 0.488 e. The van der Waals surface area contributed by atoms with Gasteiger partial charge in [-0.05, 0) is 66.7 Å². The quantitative estimate of drug-likeness (QED) is 0.0796. The monoisotopic (exact) mass is 642 g/mol. The Morgan fingerprint density at radius 2 is 1.73 bits per heavy atom. The van der Waals surface area contributed by atoms with E-state index in [4.69, 9.17) is 38.0 Å². The molecule has 0 fully saturated rings. The van der Waals surface area contributed by atoms with Crippen LogP contribution in [0.15, 0.2) is 101 Å². The third-order valence-electron chi connectivity index (χ3n) is 6.97. The van der Waals surface area contributed by atoms with Crippen molar-refractivity contribution >= 4 is 57.8 Å². The van der Waals surface area contributed by atoms with E-state index in [0.29, 0.717) is 45.1 Å². The number of carbonyl (C=O) groups excluding carboxylic acids is 2. The van der Waals surface area contributed by atoms with Crippen LogP contribution in [0.4, 0.5) is 0 Å². The number of thiocarbonyl (C=S) groups is 1. The molecule has 0 aliphatic carbocycles. The fourth-order valence-corrected chi connectivity index (χ4v) is 5.27. The normalized spacial score (nSPS) is 14.6. The van der Waals surface area contributed by atoms with Crippen LogP contribution < -0.4 is 25.5 Å². The number of hydrazone groups is 1. The number of para-hydroxylation sites is 1. The first-order chi connectivity index (χ1) is 21.8. The fraction of sp³-hybridized carbons (Fsp3) is 0.176.